The van der Waals surface area contributed by atoms with Gasteiger partial charge in [-0.25, -0.2) is 4.79 Å². The van der Waals surface area contributed by atoms with E-state index in [4.69, 9.17) is 4.42 Å². The summed E-state index contributed by atoms with van der Waals surface area (Å²) < 4.78 is 6.51. The highest BCUT2D eigenvalue weighted by atomic mass is 16.3. The molecule has 8 heteroatoms. The maximum atomic E-state index is 12.4. The van der Waals surface area contributed by atoms with Gasteiger partial charge in [0.15, 0.2) is 5.76 Å². The second kappa shape index (κ2) is 8.67. The van der Waals surface area contributed by atoms with Crippen molar-refractivity contribution in [3.8, 4) is 0 Å². The summed E-state index contributed by atoms with van der Waals surface area (Å²) in [5.74, 6) is 1.01. The van der Waals surface area contributed by atoms with Crippen LogP contribution < -0.4 is 21.9 Å². The Kier molecular flexibility index (Phi) is 5.79. The molecule has 1 aliphatic rings. The van der Waals surface area contributed by atoms with Crippen LogP contribution in [0.15, 0.2) is 44.3 Å². The molecule has 0 atom stereocenters. The smallest absolute Gasteiger partial charge is 0.329 e. The first-order valence-electron chi connectivity index (χ1n) is 10.5. The van der Waals surface area contributed by atoms with Crippen molar-refractivity contribution in [1.82, 2.24) is 14.9 Å². The van der Waals surface area contributed by atoms with Gasteiger partial charge in [-0.2, -0.15) is 0 Å². The Morgan fingerprint density at radius 1 is 1.13 bits per heavy atom. The lowest BCUT2D eigenvalue weighted by Crippen LogP contribution is -2.36. The van der Waals surface area contributed by atoms with E-state index in [1.807, 2.05) is 13.0 Å². The van der Waals surface area contributed by atoms with Gasteiger partial charge in [-0.3, -0.25) is 19.1 Å². The van der Waals surface area contributed by atoms with Crippen molar-refractivity contribution < 1.29 is 9.21 Å². The fourth-order valence-corrected chi connectivity index (χ4v) is 3.82. The summed E-state index contributed by atoms with van der Waals surface area (Å²) in [6.45, 7) is 4.19. The van der Waals surface area contributed by atoms with Crippen LogP contribution in [0, 0.1) is 13.8 Å². The maximum Gasteiger partial charge on any atom is 0.329 e. The van der Waals surface area contributed by atoms with Gasteiger partial charge in [-0.05, 0) is 74.4 Å². The number of nitrogens with zero attached hydrogens (tertiary/aromatic N) is 1. The van der Waals surface area contributed by atoms with Crippen LogP contribution in [0.5, 0.6) is 0 Å². The Hall–Kier alpha value is -3.55. The van der Waals surface area contributed by atoms with Crippen molar-refractivity contribution in [2.24, 2.45) is 0 Å². The molecule has 2 aromatic heterocycles. The van der Waals surface area contributed by atoms with Crippen LogP contribution in [0.4, 0.5) is 11.5 Å². The number of nitrogens with one attached hydrogen (secondary N) is 3. The first-order valence-corrected chi connectivity index (χ1v) is 10.5. The molecule has 0 aliphatic heterocycles. The normalized spacial score (nSPS) is 12.6. The van der Waals surface area contributed by atoms with Crippen molar-refractivity contribution in [3.05, 3.63) is 79.4 Å². The minimum absolute atomic E-state index is 0.198. The van der Waals surface area contributed by atoms with Crippen molar-refractivity contribution >= 4 is 17.4 Å². The molecule has 4 rings (SSSR count). The number of hydrogen-bond donors (Lipinski definition) is 3. The van der Waals surface area contributed by atoms with Crippen molar-refractivity contribution in [1.29, 1.82) is 0 Å². The monoisotopic (exact) mass is 422 g/mol. The lowest BCUT2D eigenvalue weighted by atomic mass is 10.1. The number of fused-ring (bicyclic) bond motifs is 1. The van der Waals surface area contributed by atoms with Gasteiger partial charge in [0.1, 0.15) is 11.6 Å². The second-order valence-corrected chi connectivity index (χ2v) is 7.90. The molecule has 3 N–H and O–H groups in total. The van der Waals surface area contributed by atoms with Crippen molar-refractivity contribution in [3.63, 3.8) is 0 Å². The van der Waals surface area contributed by atoms with Gasteiger partial charge in [-0.15, -0.1) is 0 Å². The Bertz CT molecular complexity index is 1180. The zero-order chi connectivity index (χ0) is 22.0. The van der Waals surface area contributed by atoms with Crippen LogP contribution in [0.25, 0.3) is 0 Å². The van der Waals surface area contributed by atoms with Gasteiger partial charge >= 0.3 is 5.69 Å². The van der Waals surface area contributed by atoms with E-state index in [0.717, 1.165) is 35.1 Å². The third kappa shape index (κ3) is 4.63. The van der Waals surface area contributed by atoms with E-state index in [1.54, 1.807) is 13.0 Å². The Morgan fingerprint density at radius 3 is 2.68 bits per heavy atom. The summed E-state index contributed by atoms with van der Waals surface area (Å²) >= 11 is 0. The van der Waals surface area contributed by atoms with E-state index in [1.165, 1.54) is 17.2 Å². The fraction of sp³-hybridized carbons (Fsp3) is 0.348. The summed E-state index contributed by atoms with van der Waals surface area (Å²) in [6, 6.07) is 9.17. The summed E-state index contributed by atoms with van der Waals surface area (Å²) in [5, 5.41) is 5.85. The van der Waals surface area contributed by atoms with E-state index >= 15 is 0 Å². The SMILES string of the molecule is Cc1cc(C(=O)NCCCn2c(=O)cc(Nc3ccc4c(c3)CCC4)[nH]c2=O)oc1C. The lowest BCUT2D eigenvalue weighted by molar-refractivity contribution is 0.0923. The number of amides is 1. The molecular formula is C23H26N4O4. The van der Waals surface area contributed by atoms with Gasteiger partial charge in [0, 0.05) is 24.8 Å². The summed E-state index contributed by atoms with van der Waals surface area (Å²) in [6.07, 6.45) is 3.75. The summed E-state index contributed by atoms with van der Waals surface area (Å²) in [7, 11) is 0. The largest absolute Gasteiger partial charge is 0.456 e. The molecule has 3 aromatic rings. The number of rotatable bonds is 7. The molecule has 0 spiro atoms. The van der Waals surface area contributed by atoms with Crippen LogP contribution in [0.2, 0.25) is 0 Å². The number of hydrogen-bond acceptors (Lipinski definition) is 5. The Labute approximate surface area is 179 Å². The molecule has 0 bridgehead atoms. The first-order chi connectivity index (χ1) is 14.9. The number of H-pyrrole nitrogens is 1. The molecule has 31 heavy (non-hydrogen) atoms. The Morgan fingerprint density at radius 2 is 1.94 bits per heavy atom. The third-order valence-corrected chi connectivity index (χ3v) is 5.63. The highest BCUT2D eigenvalue weighted by molar-refractivity contribution is 5.91. The van der Waals surface area contributed by atoms with Gasteiger partial charge < -0.3 is 15.1 Å². The quantitative estimate of drug-likeness (QED) is 0.507. The van der Waals surface area contributed by atoms with E-state index in [9.17, 15) is 14.4 Å². The molecule has 0 saturated heterocycles. The maximum absolute atomic E-state index is 12.4. The fourth-order valence-electron chi connectivity index (χ4n) is 3.82. The average Bonchev–Trinajstić information content (AvgIpc) is 3.32. The molecule has 1 aliphatic carbocycles. The van der Waals surface area contributed by atoms with Crippen LogP contribution in [-0.2, 0) is 19.4 Å². The number of benzene rings is 1. The number of aromatic amines is 1. The molecule has 0 saturated carbocycles. The van der Waals surface area contributed by atoms with Crippen LogP contribution in [0.1, 0.15) is 45.8 Å². The molecule has 0 radical (unpaired) electrons. The van der Waals surface area contributed by atoms with E-state index in [-0.39, 0.29) is 18.2 Å². The zero-order valence-corrected chi connectivity index (χ0v) is 17.7. The minimum atomic E-state index is -0.486. The van der Waals surface area contributed by atoms with Crippen LogP contribution >= 0.6 is 0 Å². The number of aryl methyl sites for hydroxylation is 4. The molecule has 1 amide bonds. The number of carbonyl (C=O) groups is 1. The van der Waals surface area contributed by atoms with Crippen LogP contribution in [0.3, 0.4) is 0 Å². The lowest BCUT2D eigenvalue weighted by Gasteiger charge is -2.10. The van der Waals surface area contributed by atoms with Gasteiger partial charge in [-0.1, -0.05) is 6.07 Å². The number of aromatic nitrogens is 2. The van der Waals surface area contributed by atoms with Crippen molar-refractivity contribution in [2.75, 3.05) is 11.9 Å². The molecule has 1 aromatic carbocycles. The standard InChI is InChI=1S/C23H26N4O4/c1-14-11-19(31-15(14)2)22(29)24-9-4-10-27-21(28)13-20(26-23(27)30)25-18-8-7-16-5-3-6-17(16)12-18/h7-8,11-13,25H,3-6,9-10H2,1-2H3,(H,24,29)(H,26,30). The molecule has 0 unspecified atom stereocenters. The second-order valence-electron chi connectivity index (χ2n) is 7.90. The number of anilines is 2. The Balaban J connectivity index is 1.34. The van der Waals surface area contributed by atoms with Gasteiger partial charge in [0.25, 0.3) is 11.5 Å². The predicted octanol–water partition coefficient (Wildman–Crippen LogP) is 2.80. The van der Waals surface area contributed by atoms with E-state index < -0.39 is 11.2 Å². The molecule has 162 valence electrons. The van der Waals surface area contributed by atoms with E-state index in [2.05, 4.69) is 27.8 Å². The summed E-state index contributed by atoms with van der Waals surface area (Å²) in [4.78, 5) is 39.6. The van der Waals surface area contributed by atoms with Crippen molar-refractivity contribution in [2.45, 2.75) is 46.1 Å². The molecule has 0 fully saturated rings. The zero-order valence-electron chi connectivity index (χ0n) is 17.7. The van der Waals surface area contributed by atoms with E-state index in [0.29, 0.717) is 24.5 Å². The first kappa shape index (κ1) is 20.7. The van der Waals surface area contributed by atoms with Crippen LogP contribution in [-0.4, -0.2) is 22.0 Å². The topological polar surface area (TPSA) is 109 Å². The minimum Gasteiger partial charge on any atom is -0.456 e. The third-order valence-electron chi connectivity index (χ3n) is 5.63. The number of carbonyl (C=O) groups excluding carboxylic acids is 1. The molecule has 8 nitrogen and oxygen atoms in total. The molecule has 2 heterocycles. The number of furan rings is 1. The average molecular weight is 422 g/mol. The summed E-state index contributed by atoms with van der Waals surface area (Å²) in [5.41, 5.74) is 3.55. The van der Waals surface area contributed by atoms with Gasteiger partial charge in [0.05, 0.1) is 0 Å². The molecular weight excluding hydrogens is 396 g/mol. The highest BCUT2D eigenvalue weighted by Gasteiger charge is 2.13. The highest BCUT2D eigenvalue weighted by Crippen LogP contribution is 2.25. The van der Waals surface area contributed by atoms with Gasteiger partial charge in [0.2, 0.25) is 0 Å². The predicted molar refractivity (Wildman–Crippen MR) is 118 cm³/mol.